The first-order chi connectivity index (χ1) is 14.0. The molecule has 0 bridgehead atoms. The topological polar surface area (TPSA) is 99.3 Å². The van der Waals surface area contributed by atoms with E-state index in [-0.39, 0.29) is 11.3 Å². The summed E-state index contributed by atoms with van der Waals surface area (Å²) in [5.74, 6) is 0.745. The van der Waals surface area contributed by atoms with Crippen LogP contribution in [0.2, 0.25) is 0 Å². The molecule has 0 aliphatic heterocycles. The molecule has 1 heterocycles. The van der Waals surface area contributed by atoms with Crippen LogP contribution in [-0.4, -0.2) is 40.3 Å². The summed E-state index contributed by atoms with van der Waals surface area (Å²) in [6.07, 6.45) is 2.34. The molecule has 3 rings (SSSR count). The molecule has 3 aromatic rings. The Bertz CT molecular complexity index is 1060. The van der Waals surface area contributed by atoms with Crippen LogP contribution in [0.25, 0.3) is 11.0 Å². The third-order valence-electron chi connectivity index (χ3n) is 4.63. The fourth-order valence-electron chi connectivity index (χ4n) is 3.25. The Balaban J connectivity index is 1.78. The zero-order valence-corrected chi connectivity index (χ0v) is 17.3. The zero-order valence-electron chi connectivity index (χ0n) is 16.5. The molecular formula is C20H22N4O4S. The molecule has 9 heteroatoms. The largest absolute Gasteiger partial charge is 0.495 e. The molecule has 0 atom stereocenters. The highest BCUT2D eigenvalue weighted by atomic mass is 32.2. The second-order valence-corrected chi connectivity index (χ2v) is 7.10. The molecule has 1 amide bonds. The van der Waals surface area contributed by atoms with Gasteiger partial charge >= 0.3 is 0 Å². The van der Waals surface area contributed by atoms with Gasteiger partial charge in [-0.15, -0.1) is 11.8 Å². The van der Waals surface area contributed by atoms with Crippen molar-refractivity contribution < 1.29 is 14.5 Å². The Labute approximate surface area is 172 Å². The number of carbonyl (C=O) groups is 1. The average Bonchev–Trinajstić information content (AvgIpc) is 3.09. The molecule has 0 spiro atoms. The van der Waals surface area contributed by atoms with Gasteiger partial charge in [0.15, 0.2) is 0 Å². The Hall–Kier alpha value is -3.07. The van der Waals surface area contributed by atoms with Crippen molar-refractivity contribution in [2.24, 2.45) is 0 Å². The van der Waals surface area contributed by atoms with Gasteiger partial charge in [-0.3, -0.25) is 14.9 Å². The first-order valence-electron chi connectivity index (χ1n) is 9.12. The SMILES string of the molecule is CCn1c(CCNC(=O)c2cc(SC)c(OC)cc2[N+](=O)[O-])nc2ccccc21. The van der Waals surface area contributed by atoms with E-state index in [0.29, 0.717) is 23.6 Å². The lowest BCUT2D eigenvalue weighted by molar-refractivity contribution is -0.385. The summed E-state index contributed by atoms with van der Waals surface area (Å²) in [7, 11) is 1.44. The minimum absolute atomic E-state index is 0.0177. The lowest BCUT2D eigenvalue weighted by Crippen LogP contribution is -2.27. The van der Waals surface area contributed by atoms with Gasteiger partial charge in [0.1, 0.15) is 17.1 Å². The molecule has 1 N–H and O–H groups in total. The van der Waals surface area contributed by atoms with Crippen LogP contribution in [0, 0.1) is 10.1 Å². The lowest BCUT2D eigenvalue weighted by atomic mass is 10.1. The summed E-state index contributed by atoms with van der Waals surface area (Å²) in [4.78, 5) is 28.8. The van der Waals surface area contributed by atoms with E-state index in [0.717, 1.165) is 23.4 Å². The van der Waals surface area contributed by atoms with Crippen molar-refractivity contribution in [3.8, 4) is 5.75 Å². The molecule has 0 unspecified atom stereocenters. The molecule has 8 nitrogen and oxygen atoms in total. The number of benzene rings is 2. The highest BCUT2D eigenvalue weighted by Crippen LogP contribution is 2.34. The molecule has 29 heavy (non-hydrogen) atoms. The van der Waals surface area contributed by atoms with Gasteiger partial charge < -0.3 is 14.6 Å². The number of aryl methyl sites for hydroxylation is 1. The van der Waals surface area contributed by atoms with Crippen molar-refractivity contribution in [1.82, 2.24) is 14.9 Å². The van der Waals surface area contributed by atoms with E-state index >= 15 is 0 Å². The highest BCUT2D eigenvalue weighted by Gasteiger charge is 2.23. The number of nitro groups is 1. The van der Waals surface area contributed by atoms with Gasteiger partial charge in [0, 0.05) is 19.5 Å². The number of para-hydroxylation sites is 2. The number of amides is 1. The van der Waals surface area contributed by atoms with E-state index in [1.165, 1.54) is 31.0 Å². The van der Waals surface area contributed by atoms with Crippen LogP contribution in [0.4, 0.5) is 5.69 Å². The monoisotopic (exact) mass is 414 g/mol. The number of carbonyl (C=O) groups excluding carboxylic acids is 1. The maximum atomic E-state index is 12.7. The second-order valence-electron chi connectivity index (χ2n) is 6.25. The van der Waals surface area contributed by atoms with Gasteiger partial charge in [0.05, 0.1) is 34.0 Å². The fourth-order valence-corrected chi connectivity index (χ4v) is 3.83. The van der Waals surface area contributed by atoms with Gasteiger partial charge in [-0.1, -0.05) is 12.1 Å². The van der Waals surface area contributed by atoms with Crippen molar-refractivity contribution in [1.29, 1.82) is 0 Å². The molecule has 0 fully saturated rings. The number of nitrogens with zero attached hydrogens (tertiary/aromatic N) is 3. The van der Waals surface area contributed by atoms with Crippen LogP contribution < -0.4 is 10.1 Å². The molecule has 152 valence electrons. The first-order valence-corrected chi connectivity index (χ1v) is 10.3. The van der Waals surface area contributed by atoms with Gasteiger partial charge in [-0.05, 0) is 31.4 Å². The smallest absolute Gasteiger partial charge is 0.285 e. The summed E-state index contributed by atoms with van der Waals surface area (Å²) in [6, 6.07) is 10.7. The minimum atomic E-state index is -0.571. The van der Waals surface area contributed by atoms with Crippen molar-refractivity contribution >= 4 is 34.4 Å². The van der Waals surface area contributed by atoms with E-state index in [9.17, 15) is 14.9 Å². The second kappa shape index (κ2) is 8.95. The Morgan fingerprint density at radius 2 is 2.10 bits per heavy atom. The summed E-state index contributed by atoms with van der Waals surface area (Å²) in [5.41, 5.74) is 1.69. The number of nitrogens with one attached hydrogen (secondary N) is 1. The molecule has 0 aliphatic carbocycles. The number of rotatable bonds is 8. The summed E-state index contributed by atoms with van der Waals surface area (Å²) < 4.78 is 7.29. The Morgan fingerprint density at radius 1 is 1.34 bits per heavy atom. The van der Waals surface area contributed by atoms with Gasteiger partial charge in [-0.2, -0.15) is 0 Å². The van der Waals surface area contributed by atoms with Crippen LogP contribution in [0.15, 0.2) is 41.3 Å². The van der Waals surface area contributed by atoms with Crippen LogP contribution >= 0.6 is 11.8 Å². The van der Waals surface area contributed by atoms with E-state index in [4.69, 9.17) is 4.74 Å². The molecule has 0 saturated carbocycles. The van der Waals surface area contributed by atoms with E-state index in [2.05, 4.69) is 14.9 Å². The van der Waals surface area contributed by atoms with Crippen LogP contribution in [0.3, 0.4) is 0 Å². The van der Waals surface area contributed by atoms with Crippen molar-refractivity contribution in [3.05, 3.63) is 57.9 Å². The first kappa shape index (κ1) is 20.7. The van der Waals surface area contributed by atoms with Crippen LogP contribution in [0.1, 0.15) is 23.1 Å². The predicted octanol–water partition coefficient (Wildman–Crippen LogP) is 3.67. The summed E-state index contributed by atoms with van der Waals surface area (Å²) in [5, 5.41) is 14.2. The van der Waals surface area contributed by atoms with E-state index in [1.807, 2.05) is 37.4 Å². The zero-order chi connectivity index (χ0) is 21.0. The number of thioether (sulfide) groups is 1. The summed E-state index contributed by atoms with van der Waals surface area (Å²) in [6.45, 7) is 3.13. The number of nitro benzene ring substituents is 1. The van der Waals surface area contributed by atoms with Crippen molar-refractivity contribution in [2.45, 2.75) is 24.8 Å². The van der Waals surface area contributed by atoms with Gasteiger partial charge in [-0.25, -0.2) is 4.98 Å². The third-order valence-corrected chi connectivity index (χ3v) is 5.39. The Kier molecular flexibility index (Phi) is 6.38. The molecule has 0 aliphatic rings. The number of hydrogen-bond donors (Lipinski definition) is 1. The quantitative estimate of drug-likeness (QED) is 0.343. The minimum Gasteiger partial charge on any atom is -0.495 e. The average molecular weight is 414 g/mol. The number of methoxy groups -OCH3 is 1. The normalized spacial score (nSPS) is 10.9. The van der Waals surface area contributed by atoms with Crippen molar-refractivity contribution in [2.75, 3.05) is 19.9 Å². The van der Waals surface area contributed by atoms with Crippen LogP contribution in [0.5, 0.6) is 5.75 Å². The Morgan fingerprint density at radius 3 is 2.76 bits per heavy atom. The maximum Gasteiger partial charge on any atom is 0.285 e. The van der Waals surface area contributed by atoms with E-state index in [1.54, 1.807) is 0 Å². The highest BCUT2D eigenvalue weighted by molar-refractivity contribution is 7.98. The predicted molar refractivity (Wildman–Crippen MR) is 113 cm³/mol. The summed E-state index contributed by atoms with van der Waals surface area (Å²) >= 11 is 1.36. The van der Waals surface area contributed by atoms with Crippen LogP contribution in [-0.2, 0) is 13.0 Å². The number of fused-ring (bicyclic) bond motifs is 1. The molecule has 2 aromatic carbocycles. The number of aromatic nitrogens is 2. The standard InChI is InChI=1S/C20H22N4O4S/c1-4-23-15-8-6-5-7-14(15)22-19(23)9-10-21-20(25)13-11-18(29-3)17(28-2)12-16(13)24(26)27/h5-8,11-12H,4,9-10H2,1-3H3,(H,21,25). The molecule has 1 aromatic heterocycles. The maximum absolute atomic E-state index is 12.7. The third kappa shape index (κ3) is 4.19. The fraction of sp³-hybridized carbons (Fsp3) is 0.300. The molecule has 0 saturated heterocycles. The number of imidazole rings is 1. The number of hydrogen-bond acceptors (Lipinski definition) is 6. The number of ether oxygens (including phenoxy) is 1. The van der Waals surface area contributed by atoms with Crippen molar-refractivity contribution in [3.63, 3.8) is 0 Å². The van der Waals surface area contributed by atoms with Gasteiger partial charge in [0.25, 0.3) is 11.6 Å². The lowest BCUT2D eigenvalue weighted by Gasteiger charge is -2.11. The van der Waals surface area contributed by atoms with E-state index < -0.39 is 10.8 Å². The molecule has 0 radical (unpaired) electrons. The molecular weight excluding hydrogens is 392 g/mol. The van der Waals surface area contributed by atoms with Gasteiger partial charge in [0.2, 0.25) is 0 Å².